The lowest BCUT2D eigenvalue weighted by Gasteiger charge is -2.25. The van der Waals surface area contributed by atoms with Gasteiger partial charge in [0, 0.05) is 47.1 Å². The predicted molar refractivity (Wildman–Crippen MR) is 115 cm³/mol. The molecule has 8 nitrogen and oxygen atoms in total. The van der Waals surface area contributed by atoms with Gasteiger partial charge in [0.15, 0.2) is 11.1 Å². The van der Waals surface area contributed by atoms with E-state index in [4.69, 9.17) is 9.15 Å². The molecule has 156 valence electrons. The van der Waals surface area contributed by atoms with Gasteiger partial charge in [0.1, 0.15) is 28.2 Å². The Hall–Kier alpha value is -4.46. The van der Waals surface area contributed by atoms with Crippen LogP contribution in [0.25, 0.3) is 27.9 Å². The first-order chi connectivity index (χ1) is 15.6. The molecule has 0 radical (unpaired) electrons. The van der Waals surface area contributed by atoms with Gasteiger partial charge in [-0.15, -0.1) is 0 Å². The quantitative estimate of drug-likeness (QED) is 0.340. The Kier molecular flexibility index (Phi) is 3.88. The van der Waals surface area contributed by atoms with Crippen LogP contribution in [0.5, 0.6) is 11.5 Å². The molecule has 32 heavy (non-hydrogen) atoms. The van der Waals surface area contributed by atoms with Gasteiger partial charge in [0.2, 0.25) is 0 Å². The molecule has 2 aromatic carbocycles. The van der Waals surface area contributed by atoms with Crippen LogP contribution < -0.4 is 10.2 Å². The summed E-state index contributed by atoms with van der Waals surface area (Å²) in [7, 11) is 0. The maximum atomic E-state index is 13.0. The third-order valence-electron chi connectivity index (χ3n) is 5.67. The molecule has 0 spiro atoms. The molecule has 1 N–H and O–H groups in total. The van der Waals surface area contributed by atoms with Crippen molar-refractivity contribution < 1.29 is 19.1 Å². The van der Waals surface area contributed by atoms with E-state index in [1.807, 2.05) is 30.3 Å². The van der Waals surface area contributed by atoms with E-state index >= 15 is 0 Å². The van der Waals surface area contributed by atoms with E-state index in [2.05, 4.69) is 10.1 Å². The fourth-order valence-electron chi connectivity index (χ4n) is 4.26. The van der Waals surface area contributed by atoms with Crippen LogP contribution in [0, 0.1) is 0 Å². The van der Waals surface area contributed by atoms with Gasteiger partial charge in [-0.05, 0) is 6.07 Å². The van der Waals surface area contributed by atoms with Crippen LogP contribution >= 0.6 is 0 Å². The van der Waals surface area contributed by atoms with Crippen LogP contribution in [0.15, 0.2) is 76.3 Å². The monoisotopic (exact) mass is 425 g/mol. The number of aromatic hydroxyl groups is 1. The third kappa shape index (κ3) is 2.70. The number of nitrogens with zero attached hydrogens (tertiary/aromatic N) is 3. The highest BCUT2D eigenvalue weighted by Gasteiger charge is 2.35. The molecule has 5 aromatic rings. The Bertz CT molecular complexity index is 1590. The fourth-order valence-corrected chi connectivity index (χ4v) is 4.26. The molecule has 0 bridgehead atoms. The number of carbonyl (C=O) groups excluding carboxylic acids is 1. The Morgan fingerprint density at radius 3 is 2.78 bits per heavy atom. The van der Waals surface area contributed by atoms with E-state index in [-0.39, 0.29) is 34.3 Å². The van der Waals surface area contributed by atoms with Crippen LogP contribution in [0.2, 0.25) is 0 Å². The highest BCUT2D eigenvalue weighted by molar-refractivity contribution is 5.93. The second-order valence-corrected chi connectivity index (χ2v) is 7.57. The molecule has 1 atom stereocenters. The van der Waals surface area contributed by atoms with Crippen LogP contribution in [0.4, 0.5) is 0 Å². The van der Waals surface area contributed by atoms with Crippen LogP contribution in [-0.2, 0) is 4.79 Å². The second-order valence-electron chi connectivity index (χ2n) is 7.57. The van der Waals surface area contributed by atoms with E-state index in [1.165, 1.54) is 12.1 Å². The lowest BCUT2D eigenvalue weighted by molar-refractivity contribution is -0.135. The molecular formula is C24H15N3O5. The predicted octanol–water partition coefficient (Wildman–Crippen LogP) is 3.65. The number of hydrogen-bond acceptors (Lipinski definition) is 7. The first-order valence-electron chi connectivity index (χ1n) is 9.98. The molecule has 1 aliphatic heterocycles. The van der Waals surface area contributed by atoms with Crippen molar-refractivity contribution in [2.75, 3.05) is 0 Å². The Morgan fingerprint density at radius 2 is 1.94 bits per heavy atom. The van der Waals surface area contributed by atoms with Crippen molar-refractivity contribution in [3.63, 3.8) is 0 Å². The highest BCUT2D eigenvalue weighted by atomic mass is 16.5. The van der Waals surface area contributed by atoms with Crippen LogP contribution in [0.3, 0.4) is 0 Å². The normalized spacial score (nSPS) is 15.6. The number of benzene rings is 2. The van der Waals surface area contributed by atoms with Gasteiger partial charge in [0.05, 0.1) is 12.6 Å². The van der Waals surface area contributed by atoms with Crippen molar-refractivity contribution >= 4 is 22.6 Å². The molecule has 0 saturated carbocycles. The number of phenolic OH excluding ortho intramolecular Hbond substituents is 1. The van der Waals surface area contributed by atoms with Crippen molar-refractivity contribution in [2.45, 2.75) is 12.3 Å². The number of ether oxygens (including phenoxy) is 1. The van der Waals surface area contributed by atoms with E-state index < -0.39 is 11.9 Å². The van der Waals surface area contributed by atoms with Gasteiger partial charge in [0.25, 0.3) is 0 Å². The molecule has 4 heterocycles. The first-order valence-corrected chi connectivity index (χ1v) is 9.98. The average molecular weight is 425 g/mol. The molecule has 3 aromatic heterocycles. The number of carbonyl (C=O) groups is 1. The fraction of sp³-hybridized carbons (Fsp3) is 0.0833. The van der Waals surface area contributed by atoms with Gasteiger partial charge >= 0.3 is 5.97 Å². The Labute approximate surface area is 180 Å². The minimum atomic E-state index is -0.518. The molecular weight excluding hydrogens is 410 g/mol. The van der Waals surface area contributed by atoms with Crippen molar-refractivity contribution in [3.8, 4) is 22.8 Å². The first kappa shape index (κ1) is 18.3. The summed E-state index contributed by atoms with van der Waals surface area (Å²) in [6.45, 7) is 0. The van der Waals surface area contributed by atoms with Crippen LogP contribution in [0.1, 0.15) is 23.5 Å². The number of hydrogen-bond donors (Lipinski definition) is 1. The molecule has 6 rings (SSSR count). The van der Waals surface area contributed by atoms with Crippen molar-refractivity contribution in [2.24, 2.45) is 0 Å². The summed E-state index contributed by atoms with van der Waals surface area (Å²) >= 11 is 0. The van der Waals surface area contributed by atoms with E-state index in [0.717, 1.165) is 0 Å². The topological polar surface area (TPSA) is 107 Å². The Balaban J connectivity index is 1.69. The van der Waals surface area contributed by atoms with E-state index in [0.29, 0.717) is 28.1 Å². The summed E-state index contributed by atoms with van der Waals surface area (Å²) in [4.78, 5) is 29.8. The molecule has 8 heteroatoms. The molecule has 1 aliphatic rings. The zero-order valence-electron chi connectivity index (χ0n) is 16.6. The summed E-state index contributed by atoms with van der Waals surface area (Å²) in [5.74, 6) is -0.781. The number of fused-ring (bicyclic) bond motifs is 4. The zero-order chi connectivity index (χ0) is 21.8. The summed E-state index contributed by atoms with van der Waals surface area (Å²) in [5.41, 5.74) is 2.29. The van der Waals surface area contributed by atoms with Gasteiger partial charge in [-0.25, -0.2) is 9.50 Å². The summed E-state index contributed by atoms with van der Waals surface area (Å²) in [6.07, 6.45) is 5.07. The van der Waals surface area contributed by atoms with Crippen molar-refractivity contribution in [1.29, 1.82) is 0 Å². The standard InChI is InChI=1S/C24H15N3O5/c28-16-10-18(13-5-2-1-3-6-13)32-23-21-14(15-12-26-27-8-4-7-25-24(15)27)9-20(30)31-19(21)11-17(29)22(16)23/h1-8,10-12,14,29H,9H2/t14-/m1/s1. The molecule has 0 amide bonds. The van der Waals surface area contributed by atoms with Gasteiger partial charge in [-0.1, -0.05) is 30.3 Å². The SMILES string of the molecule is O=C1C[C@H](c2cnn3cccnc23)c2c(cc(O)c3c(=O)cc(-c4ccccc4)oc23)O1. The maximum Gasteiger partial charge on any atom is 0.312 e. The van der Waals surface area contributed by atoms with Gasteiger partial charge in [-0.2, -0.15) is 5.10 Å². The van der Waals surface area contributed by atoms with Gasteiger partial charge < -0.3 is 14.3 Å². The second kappa shape index (κ2) is 6.78. The van der Waals surface area contributed by atoms with Crippen molar-refractivity contribution in [1.82, 2.24) is 14.6 Å². The van der Waals surface area contributed by atoms with E-state index in [9.17, 15) is 14.7 Å². The lowest BCUT2D eigenvalue weighted by Crippen LogP contribution is -2.22. The summed E-state index contributed by atoms with van der Waals surface area (Å²) in [6, 6.07) is 13.6. The minimum Gasteiger partial charge on any atom is -0.507 e. The van der Waals surface area contributed by atoms with Crippen LogP contribution in [-0.4, -0.2) is 25.7 Å². The Morgan fingerprint density at radius 1 is 1.09 bits per heavy atom. The lowest BCUT2D eigenvalue weighted by atomic mass is 9.86. The van der Waals surface area contributed by atoms with E-state index in [1.54, 1.807) is 29.2 Å². The molecule has 0 aliphatic carbocycles. The zero-order valence-corrected chi connectivity index (χ0v) is 16.6. The van der Waals surface area contributed by atoms with Crippen molar-refractivity contribution in [3.05, 3.63) is 88.5 Å². The summed E-state index contributed by atoms with van der Waals surface area (Å²) < 4.78 is 13.2. The molecule has 0 saturated heterocycles. The van der Waals surface area contributed by atoms with Gasteiger partial charge in [-0.3, -0.25) is 9.59 Å². The summed E-state index contributed by atoms with van der Waals surface area (Å²) in [5, 5.41) is 14.9. The third-order valence-corrected chi connectivity index (χ3v) is 5.67. The largest absolute Gasteiger partial charge is 0.507 e. The number of aromatic nitrogens is 3. The molecule has 0 fully saturated rings. The smallest absolute Gasteiger partial charge is 0.312 e. The number of rotatable bonds is 2. The minimum absolute atomic E-state index is 0.0179. The molecule has 0 unspecified atom stereocenters. The number of phenols is 1. The highest BCUT2D eigenvalue weighted by Crippen LogP contribution is 2.46. The number of esters is 1. The maximum absolute atomic E-state index is 13.0. The average Bonchev–Trinajstić information content (AvgIpc) is 3.22.